The smallest absolute Gasteiger partial charge is 0.0189 e. The van der Waals surface area contributed by atoms with Crippen molar-refractivity contribution in [2.75, 3.05) is 7.05 Å². The lowest BCUT2D eigenvalue weighted by Crippen LogP contribution is -2.47. The largest absolute Gasteiger partial charge is 0.316 e. The quantitative estimate of drug-likeness (QED) is 0.833. The van der Waals surface area contributed by atoms with E-state index in [4.69, 9.17) is 0 Å². The highest BCUT2D eigenvalue weighted by molar-refractivity contribution is 5.30. The molecule has 1 atom stereocenters. The lowest BCUT2D eigenvalue weighted by Gasteiger charge is -2.38. The molecule has 2 aliphatic rings. The average Bonchev–Trinajstić information content (AvgIpc) is 3.08. The summed E-state index contributed by atoms with van der Waals surface area (Å²) in [7, 11) is 2.16. The molecule has 1 nitrogen and oxygen atoms in total. The van der Waals surface area contributed by atoms with Crippen molar-refractivity contribution in [1.29, 1.82) is 0 Å². The highest BCUT2D eigenvalue weighted by Crippen LogP contribution is 2.50. The van der Waals surface area contributed by atoms with Crippen LogP contribution in [0, 0.1) is 5.92 Å². The van der Waals surface area contributed by atoms with Gasteiger partial charge in [-0.15, -0.1) is 0 Å². The maximum Gasteiger partial charge on any atom is 0.0189 e. The Morgan fingerprint density at radius 3 is 2.29 bits per heavy atom. The summed E-state index contributed by atoms with van der Waals surface area (Å²) in [6.45, 7) is 0. The zero-order valence-corrected chi connectivity index (χ0v) is 10.8. The van der Waals surface area contributed by atoms with Crippen molar-refractivity contribution < 1.29 is 0 Å². The van der Waals surface area contributed by atoms with Gasteiger partial charge in [0.2, 0.25) is 0 Å². The Labute approximate surface area is 105 Å². The molecule has 1 aromatic carbocycles. The van der Waals surface area contributed by atoms with Gasteiger partial charge in [-0.05, 0) is 44.2 Å². The molecule has 1 N–H and O–H groups in total. The summed E-state index contributed by atoms with van der Waals surface area (Å²) in [4.78, 5) is 0. The van der Waals surface area contributed by atoms with Gasteiger partial charge in [-0.3, -0.25) is 0 Å². The van der Waals surface area contributed by atoms with Crippen LogP contribution in [0.15, 0.2) is 30.3 Å². The number of likely N-dealkylation sites (N-methyl/N-ethyl adjacent to an activating group) is 1. The normalized spacial score (nSPS) is 24.8. The van der Waals surface area contributed by atoms with Crippen molar-refractivity contribution >= 4 is 0 Å². The first-order chi connectivity index (χ1) is 8.37. The van der Waals surface area contributed by atoms with E-state index < -0.39 is 0 Å². The second-order valence-electron chi connectivity index (χ2n) is 5.83. The maximum atomic E-state index is 3.65. The van der Waals surface area contributed by atoms with E-state index in [1.165, 1.54) is 38.5 Å². The Bertz CT molecular complexity index is 360. The Hall–Kier alpha value is -0.820. The molecule has 1 unspecified atom stereocenters. The molecule has 3 rings (SSSR count). The topological polar surface area (TPSA) is 12.0 Å². The van der Waals surface area contributed by atoms with Gasteiger partial charge in [-0.2, -0.15) is 0 Å². The van der Waals surface area contributed by atoms with E-state index in [1.807, 2.05) is 0 Å². The molecule has 2 saturated carbocycles. The molecule has 0 aromatic heterocycles. The van der Waals surface area contributed by atoms with Gasteiger partial charge in [0, 0.05) is 11.5 Å². The van der Waals surface area contributed by atoms with E-state index in [0.29, 0.717) is 11.5 Å². The SMILES string of the molecule is CNC(C1CC1)C1(c2ccccc2)CCCC1. The number of rotatable bonds is 4. The van der Waals surface area contributed by atoms with E-state index in [1.54, 1.807) is 5.56 Å². The van der Waals surface area contributed by atoms with E-state index in [0.717, 1.165) is 5.92 Å². The molecule has 1 heteroatoms. The van der Waals surface area contributed by atoms with Crippen molar-refractivity contribution in [3.63, 3.8) is 0 Å². The third-order valence-corrected chi connectivity index (χ3v) is 4.84. The molecule has 0 amide bonds. The average molecular weight is 229 g/mol. The van der Waals surface area contributed by atoms with Crippen molar-refractivity contribution in [3.05, 3.63) is 35.9 Å². The fourth-order valence-electron chi connectivity index (χ4n) is 3.95. The molecule has 1 aromatic rings. The second kappa shape index (κ2) is 4.45. The van der Waals surface area contributed by atoms with Crippen LogP contribution in [0.25, 0.3) is 0 Å². The van der Waals surface area contributed by atoms with E-state index in [9.17, 15) is 0 Å². The maximum absolute atomic E-state index is 3.65. The molecular formula is C16H23N. The zero-order chi connectivity index (χ0) is 11.7. The van der Waals surface area contributed by atoms with Crippen LogP contribution in [0.5, 0.6) is 0 Å². The van der Waals surface area contributed by atoms with Crippen molar-refractivity contribution in [2.24, 2.45) is 5.92 Å². The first-order valence-electron chi connectivity index (χ1n) is 7.09. The summed E-state index contributed by atoms with van der Waals surface area (Å²) < 4.78 is 0. The molecule has 2 aliphatic carbocycles. The third kappa shape index (κ3) is 1.91. The standard InChI is InChI=1S/C16H23N/c1-17-15(13-9-10-13)16(11-5-6-12-16)14-7-3-2-4-8-14/h2-4,7-8,13,15,17H,5-6,9-12H2,1H3. The summed E-state index contributed by atoms with van der Waals surface area (Å²) in [5, 5.41) is 3.65. The first-order valence-corrected chi connectivity index (χ1v) is 7.09. The Morgan fingerprint density at radius 1 is 1.12 bits per heavy atom. The highest BCUT2D eigenvalue weighted by atomic mass is 14.9. The molecule has 0 radical (unpaired) electrons. The number of hydrogen-bond donors (Lipinski definition) is 1. The van der Waals surface area contributed by atoms with Crippen LogP contribution in [-0.2, 0) is 5.41 Å². The molecule has 0 saturated heterocycles. The summed E-state index contributed by atoms with van der Waals surface area (Å²) in [5.41, 5.74) is 2.00. The minimum Gasteiger partial charge on any atom is -0.316 e. The monoisotopic (exact) mass is 229 g/mol. The van der Waals surface area contributed by atoms with E-state index in [-0.39, 0.29) is 0 Å². The van der Waals surface area contributed by atoms with Crippen LogP contribution >= 0.6 is 0 Å². The Balaban J connectivity index is 1.97. The molecule has 2 fully saturated rings. The van der Waals surface area contributed by atoms with Crippen LogP contribution in [0.2, 0.25) is 0 Å². The molecular weight excluding hydrogens is 206 g/mol. The lowest BCUT2D eigenvalue weighted by molar-refractivity contribution is 0.281. The van der Waals surface area contributed by atoms with Crippen LogP contribution in [-0.4, -0.2) is 13.1 Å². The van der Waals surface area contributed by atoms with Gasteiger partial charge in [0.05, 0.1) is 0 Å². The van der Waals surface area contributed by atoms with E-state index >= 15 is 0 Å². The fourth-order valence-corrected chi connectivity index (χ4v) is 3.95. The van der Waals surface area contributed by atoms with Crippen molar-refractivity contribution in [1.82, 2.24) is 5.32 Å². The van der Waals surface area contributed by atoms with Gasteiger partial charge in [0.15, 0.2) is 0 Å². The van der Waals surface area contributed by atoms with Gasteiger partial charge < -0.3 is 5.32 Å². The second-order valence-corrected chi connectivity index (χ2v) is 5.83. The van der Waals surface area contributed by atoms with Crippen molar-refractivity contribution in [3.8, 4) is 0 Å². The minimum atomic E-state index is 0.428. The first kappa shape index (κ1) is 11.3. The van der Waals surface area contributed by atoms with E-state index in [2.05, 4.69) is 42.7 Å². The number of nitrogens with one attached hydrogen (secondary N) is 1. The number of hydrogen-bond acceptors (Lipinski definition) is 1. The summed E-state index contributed by atoms with van der Waals surface area (Å²) in [6, 6.07) is 11.9. The molecule has 0 heterocycles. The molecule has 0 spiro atoms. The Kier molecular flexibility index (Phi) is 2.96. The lowest BCUT2D eigenvalue weighted by atomic mass is 9.71. The Morgan fingerprint density at radius 2 is 1.76 bits per heavy atom. The van der Waals surface area contributed by atoms with Crippen molar-refractivity contribution in [2.45, 2.75) is 50.0 Å². The van der Waals surface area contributed by atoms with Crippen LogP contribution < -0.4 is 5.32 Å². The summed E-state index contributed by atoms with van der Waals surface area (Å²) >= 11 is 0. The van der Waals surface area contributed by atoms with Gasteiger partial charge in [0.1, 0.15) is 0 Å². The van der Waals surface area contributed by atoms with Crippen LogP contribution in [0.4, 0.5) is 0 Å². The fraction of sp³-hybridized carbons (Fsp3) is 0.625. The molecule has 92 valence electrons. The predicted molar refractivity (Wildman–Crippen MR) is 72.2 cm³/mol. The molecule has 0 aliphatic heterocycles. The minimum absolute atomic E-state index is 0.428. The van der Waals surface area contributed by atoms with Gasteiger partial charge in [-0.1, -0.05) is 43.2 Å². The van der Waals surface area contributed by atoms with Gasteiger partial charge in [0.25, 0.3) is 0 Å². The van der Waals surface area contributed by atoms with Crippen LogP contribution in [0.3, 0.4) is 0 Å². The van der Waals surface area contributed by atoms with Gasteiger partial charge in [-0.25, -0.2) is 0 Å². The molecule has 17 heavy (non-hydrogen) atoms. The van der Waals surface area contributed by atoms with Gasteiger partial charge >= 0.3 is 0 Å². The molecule has 0 bridgehead atoms. The van der Waals surface area contributed by atoms with Crippen LogP contribution in [0.1, 0.15) is 44.1 Å². The summed E-state index contributed by atoms with van der Waals surface area (Å²) in [6.07, 6.45) is 8.41. The summed E-state index contributed by atoms with van der Waals surface area (Å²) in [5.74, 6) is 0.929. The third-order valence-electron chi connectivity index (χ3n) is 4.84. The zero-order valence-electron chi connectivity index (χ0n) is 10.8. The predicted octanol–water partition coefficient (Wildman–Crippen LogP) is 3.50. The highest BCUT2D eigenvalue weighted by Gasteiger charge is 2.48. The number of benzene rings is 1.